The predicted molar refractivity (Wildman–Crippen MR) is 98.1 cm³/mol. The van der Waals surface area contributed by atoms with Crippen molar-refractivity contribution in [1.29, 1.82) is 0 Å². The summed E-state index contributed by atoms with van der Waals surface area (Å²) in [5.41, 5.74) is 2.08. The third-order valence-electron chi connectivity index (χ3n) is 3.84. The number of ether oxygens (including phenoxy) is 1. The fraction of sp³-hybridized carbons (Fsp3) is 0.105. The van der Waals surface area contributed by atoms with Crippen LogP contribution in [-0.2, 0) is 0 Å². The Morgan fingerprint density at radius 1 is 1.12 bits per heavy atom. The molecule has 3 aromatic rings. The Bertz CT molecular complexity index is 990. The molecule has 1 aliphatic rings. The normalized spacial score (nSPS) is 13.5. The highest BCUT2D eigenvalue weighted by Crippen LogP contribution is 2.34. The number of thioether (sulfide) groups is 1. The molecule has 0 amide bonds. The lowest BCUT2D eigenvalue weighted by molar-refractivity contribution is 0.368. The smallest absolute Gasteiger partial charge is 0.201 e. The highest BCUT2D eigenvalue weighted by Gasteiger charge is 2.21. The molecule has 1 aliphatic heterocycles. The van der Waals surface area contributed by atoms with E-state index in [1.807, 2.05) is 36.4 Å². The number of halogens is 1. The van der Waals surface area contributed by atoms with E-state index in [-0.39, 0.29) is 5.43 Å². The minimum atomic E-state index is -0.00925. The van der Waals surface area contributed by atoms with Crippen molar-refractivity contribution in [2.45, 2.75) is 5.09 Å². The molecule has 0 atom stereocenters. The molecule has 0 bridgehead atoms. The number of para-hydroxylation sites is 1. The summed E-state index contributed by atoms with van der Waals surface area (Å²) in [6.45, 7) is 0.318. The number of hydrogen-bond acceptors (Lipinski definition) is 4. The molecule has 4 rings (SSSR count). The zero-order valence-corrected chi connectivity index (χ0v) is 14.2. The molecule has 0 aliphatic carbocycles. The molecule has 2 heterocycles. The van der Waals surface area contributed by atoms with Crippen molar-refractivity contribution in [2.24, 2.45) is 0 Å². The first kappa shape index (κ1) is 15.4. The molecule has 3 nitrogen and oxygen atoms in total. The molecular weight excluding hydrogens is 344 g/mol. The fourth-order valence-corrected chi connectivity index (χ4v) is 3.72. The van der Waals surface area contributed by atoms with Crippen LogP contribution < -0.4 is 10.2 Å². The molecule has 120 valence electrons. The van der Waals surface area contributed by atoms with E-state index in [0.29, 0.717) is 39.0 Å². The summed E-state index contributed by atoms with van der Waals surface area (Å²) in [5, 5.41) is 1.92. The van der Waals surface area contributed by atoms with Crippen LogP contribution in [0.5, 0.6) is 5.75 Å². The zero-order chi connectivity index (χ0) is 16.5. The Labute approximate surface area is 147 Å². The van der Waals surface area contributed by atoms with Gasteiger partial charge in [-0.3, -0.25) is 4.79 Å². The average Bonchev–Trinajstić information content (AvgIpc) is 2.61. The Hall–Kier alpha value is -2.17. The van der Waals surface area contributed by atoms with Crippen molar-refractivity contribution in [3.63, 3.8) is 0 Å². The molecule has 0 unspecified atom stereocenters. The number of fused-ring (bicyclic) bond motifs is 2. The standard InChI is InChI=1S/C19H13ClO3S/c20-13-5-7-14(8-6-13)22-11-12-9-10-24-19-17(12)18(21)15-3-1-2-4-16(15)23-19/h1-9H,10-11H2. The third-order valence-corrected chi connectivity index (χ3v) is 4.97. The van der Waals surface area contributed by atoms with E-state index in [4.69, 9.17) is 20.8 Å². The minimum absolute atomic E-state index is 0.00925. The number of rotatable bonds is 3. The molecule has 0 radical (unpaired) electrons. The van der Waals surface area contributed by atoms with Crippen LogP contribution >= 0.6 is 23.4 Å². The van der Waals surface area contributed by atoms with Crippen LogP contribution in [0.3, 0.4) is 0 Å². The lowest BCUT2D eigenvalue weighted by Crippen LogP contribution is -2.16. The first-order valence-corrected chi connectivity index (χ1v) is 8.85. The summed E-state index contributed by atoms with van der Waals surface area (Å²) < 4.78 is 11.7. The van der Waals surface area contributed by atoms with Crippen molar-refractivity contribution in [1.82, 2.24) is 0 Å². The first-order chi connectivity index (χ1) is 11.7. The van der Waals surface area contributed by atoms with Gasteiger partial charge in [-0.15, -0.1) is 0 Å². The lowest BCUT2D eigenvalue weighted by atomic mass is 10.1. The van der Waals surface area contributed by atoms with Crippen LogP contribution in [0.1, 0.15) is 5.56 Å². The summed E-state index contributed by atoms with van der Waals surface area (Å²) in [7, 11) is 0. The second-order valence-electron chi connectivity index (χ2n) is 5.37. The molecule has 0 saturated carbocycles. The Kier molecular flexibility index (Phi) is 4.08. The maximum absolute atomic E-state index is 12.9. The van der Waals surface area contributed by atoms with Crippen LogP contribution in [0.2, 0.25) is 5.02 Å². The SMILES string of the molecule is O=c1c2c(oc3ccccc13)SCC=C2COc1ccc(Cl)cc1. The van der Waals surface area contributed by atoms with Crippen LogP contribution in [0.25, 0.3) is 16.5 Å². The Balaban J connectivity index is 1.69. The summed E-state index contributed by atoms with van der Waals surface area (Å²) >= 11 is 7.41. The van der Waals surface area contributed by atoms with Crippen molar-refractivity contribution in [3.8, 4) is 5.75 Å². The van der Waals surface area contributed by atoms with Crippen LogP contribution in [-0.4, -0.2) is 12.4 Å². The van der Waals surface area contributed by atoms with Crippen LogP contribution in [0, 0.1) is 0 Å². The summed E-state index contributed by atoms with van der Waals surface area (Å²) in [4.78, 5) is 12.9. The largest absolute Gasteiger partial charge is 0.489 e. The van der Waals surface area contributed by atoms with Gasteiger partial charge in [-0.1, -0.05) is 41.6 Å². The molecule has 0 N–H and O–H groups in total. The van der Waals surface area contributed by atoms with Gasteiger partial charge in [0.05, 0.1) is 10.9 Å². The van der Waals surface area contributed by atoms with Crippen LogP contribution in [0.15, 0.2) is 68.9 Å². The van der Waals surface area contributed by atoms with Gasteiger partial charge < -0.3 is 9.15 Å². The van der Waals surface area contributed by atoms with E-state index in [9.17, 15) is 4.79 Å². The highest BCUT2D eigenvalue weighted by atomic mass is 35.5. The van der Waals surface area contributed by atoms with Gasteiger partial charge in [-0.2, -0.15) is 0 Å². The highest BCUT2D eigenvalue weighted by molar-refractivity contribution is 7.99. The summed E-state index contributed by atoms with van der Waals surface area (Å²) in [6.07, 6.45) is 2.02. The number of hydrogen-bond donors (Lipinski definition) is 0. The van der Waals surface area contributed by atoms with E-state index in [2.05, 4.69) is 0 Å². The average molecular weight is 357 g/mol. The van der Waals surface area contributed by atoms with Gasteiger partial charge in [0.25, 0.3) is 0 Å². The monoisotopic (exact) mass is 356 g/mol. The minimum Gasteiger partial charge on any atom is -0.489 e. The van der Waals surface area contributed by atoms with Gasteiger partial charge >= 0.3 is 0 Å². The van der Waals surface area contributed by atoms with Gasteiger partial charge in [-0.25, -0.2) is 0 Å². The van der Waals surface area contributed by atoms with Gasteiger partial charge in [0.2, 0.25) is 5.43 Å². The topological polar surface area (TPSA) is 39.4 Å². The lowest BCUT2D eigenvalue weighted by Gasteiger charge is -2.17. The molecule has 5 heteroatoms. The van der Waals surface area contributed by atoms with Crippen molar-refractivity contribution >= 4 is 39.9 Å². The fourth-order valence-electron chi connectivity index (χ4n) is 2.64. The van der Waals surface area contributed by atoms with Crippen LogP contribution in [0.4, 0.5) is 0 Å². The second kappa shape index (κ2) is 6.38. The third kappa shape index (κ3) is 2.83. The summed E-state index contributed by atoms with van der Waals surface area (Å²) in [6, 6.07) is 14.5. The molecular formula is C19H13ClO3S. The van der Waals surface area contributed by atoms with E-state index in [1.54, 1.807) is 18.2 Å². The van der Waals surface area contributed by atoms with Crippen molar-refractivity contribution in [2.75, 3.05) is 12.4 Å². The van der Waals surface area contributed by atoms with Gasteiger partial charge in [-0.05, 0) is 36.4 Å². The first-order valence-electron chi connectivity index (χ1n) is 7.49. The van der Waals surface area contributed by atoms with Crippen molar-refractivity contribution in [3.05, 3.63) is 75.4 Å². The quantitative estimate of drug-likeness (QED) is 0.661. The maximum Gasteiger partial charge on any atom is 0.201 e. The van der Waals surface area contributed by atoms with E-state index in [0.717, 1.165) is 11.3 Å². The Morgan fingerprint density at radius 2 is 1.92 bits per heavy atom. The number of benzene rings is 2. The molecule has 24 heavy (non-hydrogen) atoms. The maximum atomic E-state index is 12.9. The predicted octanol–water partition coefficient (Wildman–Crippen LogP) is 5.01. The van der Waals surface area contributed by atoms with Crippen molar-refractivity contribution < 1.29 is 9.15 Å². The molecule has 0 saturated heterocycles. The molecule has 0 fully saturated rings. The van der Waals surface area contributed by atoms with Gasteiger partial charge in [0, 0.05) is 16.3 Å². The Morgan fingerprint density at radius 3 is 2.75 bits per heavy atom. The second-order valence-corrected chi connectivity index (χ2v) is 6.80. The molecule has 1 aromatic heterocycles. The van der Waals surface area contributed by atoms with Gasteiger partial charge in [0.1, 0.15) is 17.9 Å². The van der Waals surface area contributed by atoms with Gasteiger partial charge in [0.15, 0.2) is 5.09 Å². The molecule has 0 spiro atoms. The molecule has 2 aromatic carbocycles. The zero-order valence-electron chi connectivity index (χ0n) is 12.6. The van der Waals surface area contributed by atoms with E-state index >= 15 is 0 Å². The summed E-state index contributed by atoms with van der Waals surface area (Å²) in [5.74, 6) is 1.47. The van der Waals surface area contributed by atoms with E-state index in [1.165, 1.54) is 11.8 Å². The van der Waals surface area contributed by atoms with E-state index < -0.39 is 0 Å².